The summed E-state index contributed by atoms with van der Waals surface area (Å²) in [6.45, 7) is 12.8. The molecule has 0 heterocycles. The van der Waals surface area contributed by atoms with E-state index < -0.39 is 0 Å². The molecule has 0 nitrogen and oxygen atoms in total. The van der Waals surface area contributed by atoms with Crippen molar-refractivity contribution in [1.29, 1.82) is 0 Å². The zero-order chi connectivity index (χ0) is 11.4. The van der Waals surface area contributed by atoms with Crippen molar-refractivity contribution in [3.05, 3.63) is 29.3 Å². The highest BCUT2D eigenvalue weighted by Gasteiger charge is 2.13. The van der Waals surface area contributed by atoms with E-state index in [1.165, 1.54) is 11.1 Å². The van der Waals surface area contributed by atoms with Gasteiger partial charge < -0.3 is 0 Å². The zero-order valence-corrected chi connectivity index (χ0v) is 11.1. The average molecular weight is 210 g/mol. The fourth-order valence-electron chi connectivity index (χ4n) is 1.20. The SMILES string of the molecule is CC.Cc1cc(S)cc(C(C)(C)C)c1. The highest BCUT2D eigenvalue weighted by Crippen LogP contribution is 2.25. The van der Waals surface area contributed by atoms with E-state index in [4.69, 9.17) is 0 Å². The average Bonchev–Trinajstić information content (AvgIpc) is 2.04. The van der Waals surface area contributed by atoms with Crippen molar-refractivity contribution in [2.24, 2.45) is 0 Å². The van der Waals surface area contributed by atoms with Gasteiger partial charge in [-0.25, -0.2) is 0 Å². The normalized spacial score (nSPS) is 10.5. The Labute approximate surface area is 94.1 Å². The summed E-state index contributed by atoms with van der Waals surface area (Å²) in [6, 6.07) is 6.44. The van der Waals surface area contributed by atoms with Gasteiger partial charge in [-0.3, -0.25) is 0 Å². The summed E-state index contributed by atoms with van der Waals surface area (Å²) in [5, 5.41) is 0. The maximum absolute atomic E-state index is 4.36. The van der Waals surface area contributed by atoms with Gasteiger partial charge in [-0.2, -0.15) is 0 Å². The Morgan fingerprint density at radius 1 is 1.00 bits per heavy atom. The number of hydrogen-bond acceptors (Lipinski definition) is 1. The molecule has 0 bridgehead atoms. The molecule has 1 rings (SSSR count). The fraction of sp³-hybridized carbons (Fsp3) is 0.538. The molecule has 0 saturated carbocycles. The molecule has 1 aromatic carbocycles. The van der Waals surface area contributed by atoms with Crippen molar-refractivity contribution in [2.75, 3.05) is 0 Å². The number of hydrogen-bond donors (Lipinski definition) is 1. The van der Waals surface area contributed by atoms with Crippen molar-refractivity contribution in [3.63, 3.8) is 0 Å². The molecule has 0 amide bonds. The number of benzene rings is 1. The van der Waals surface area contributed by atoms with E-state index in [0.717, 1.165) is 4.90 Å². The van der Waals surface area contributed by atoms with Crippen LogP contribution in [-0.4, -0.2) is 0 Å². The van der Waals surface area contributed by atoms with Crippen molar-refractivity contribution in [2.45, 2.75) is 51.9 Å². The van der Waals surface area contributed by atoms with E-state index in [1.807, 2.05) is 13.8 Å². The van der Waals surface area contributed by atoms with E-state index in [2.05, 4.69) is 58.5 Å². The number of aryl methyl sites for hydroxylation is 1. The van der Waals surface area contributed by atoms with Crippen LogP contribution in [0.15, 0.2) is 23.1 Å². The second-order valence-electron chi connectivity index (χ2n) is 4.31. The van der Waals surface area contributed by atoms with Gasteiger partial charge in [-0.15, -0.1) is 12.6 Å². The lowest BCUT2D eigenvalue weighted by Gasteiger charge is -2.19. The van der Waals surface area contributed by atoms with E-state index in [9.17, 15) is 0 Å². The Kier molecular flexibility index (Phi) is 5.28. The molecule has 1 aromatic rings. The van der Waals surface area contributed by atoms with Crippen LogP contribution in [0.25, 0.3) is 0 Å². The van der Waals surface area contributed by atoms with Crippen LogP contribution in [-0.2, 0) is 5.41 Å². The Morgan fingerprint density at radius 2 is 1.50 bits per heavy atom. The van der Waals surface area contributed by atoms with Gasteiger partial charge in [0.2, 0.25) is 0 Å². The first kappa shape index (κ1) is 13.6. The molecule has 0 aliphatic carbocycles. The summed E-state index contributed by atoms with van der Waals surface area (Å²) >= 11 is 4.36. The molecule has 0 fully saturated rings. The van der Waals surface area contributed by atoms with Crippen LogP contribution in [0.4, 0.5) is 0 Å². The third-order valence-electron chi connectivity index (χ3n) is 1.93. The summed E-state index contributed by atoms with van der Waals surface area (Å²) in [5.74, 6) is 0. The Morgan fingerprint density at radius 3 is 1.86 bits per heavy atom. The number of thiol groups is 1. The predicted molar refractivity (Wildman–Crippen MR) is 68.5 cm³/mol. The summed E-state index contributed by atoms with van der Waals surface area (Å²) in [6.07, 6.45) is 0. The summed E-state index contributed by atoms with van der Waals surface area (Å²) in [5.41, 5.74) is 2.86. The highest BCUT2D eigenvalue weighted by molar-refractivity contribution is 7.80. The third kappa shape index (κ3) is 4.19. The topological polar surface area (TPSA) is 0 Å². The second-order valence-corrected chi connectivity index (χ2v) is 4.82. The molecule has 0 saturated heterocycles. The van der Waals surface area contributed by atoms with Crippen molar-refractivity contribution >= 4 is 12.6 Å². The molecule has 0 spiro atoms. The van der Waals surface area contributed by atoms with Gasteiger partial charge >= 0.3 is 0 Å². The molecular weight excluding hydrogens is 188 g/mol. The van der Waals surface area contributed by atoms with Gasteiger partial charge in [0.25, 0.3) is 0 Å². The standard InChI is InChI=1S/C11H16S.C2H6/c1-8-5-9(11(2,3)4)7-10(12)6-8;1-2/h5-7,12H,1-4H3;1-2H3. The van der Waals surface area contributed by atoms with Crippen molar-refractivity contribution < 1.29 is 0 Å². The maximum Gasteiger partial charge on any atom is 0.00455 e. The summed E-state index contributed by atoms with van der Waals surface area (Å²) in [4.78, 5) is 1.06. The molecule has 14 heavy (non-hydrogen) atoms. The zero-order valence-electron chi connectivity index (χ0n) is 10.2. The molecule has 0 unspecified atom stereocenters. The fourth-order valence-corrected chi connectivity index (χ4v) is 1.54. The first-order chi connectivity index (χ1) is 6.39. The van der Waals surface area contributed by atoms with Gasteiger partial charge in [-0.05, 0) is 35.6 Å². The van der Waals surface area contributed by atoms with Crippen LogP contribution in [0.2, 0.25) is 0 Å². The molecule has 1 heteroatoms. The van der Waals surface area contributed by atoms with Crippen LogP contribution in [0.1, 0.15) is 45.7 Å². The summed E-state index contributed by atoms with van der Waals surface area (Å²) in [7, 11) is 0. The lowest BCUT2D eigenvalue weighted by Crippen LogP contribution is -2.11. The van der Waals surface area contributed by atoms with Gasteiger partial charge in [0.15, 0.2) is 0 Å². The predicted octanol–water partition coefficient (Wildman–Crippen LogP) is 4.61. The monoisotopic (exact) mass is 210 g/mol. The molecule has 0 atom stereocenters. The van der Waals surface area contributed by atoms with E-state index in [1.54, 1.807) is 0 Å². The van der Waals surface area contributed by atoms with Crippen LogP contribution < -0.4 is 0 Å². The molecule has 0 N–H and O–H groups in total. The molecule has 80 valence electrons. The smallest absolute Gasteiger partial charge is 0.00455 e. The second kappa shape index (κ2) is 5.45. The van der Waals surface area contributed by atoms with Crippen molar-refractivity contribution in [3.8, 4) is 0 Å². The first-order valence-corrected chi connectivity index (χ1v) is 5.65. The molecule has 0 aliphatic rings. The van der Waals surface area contributed by atoms with Gasteiger partial charge in [0, 0.05) is 4.90 Å². The van der Waals surface area contributed by atoms with Crippen LogP contribution in [0.5, 0.6) is 0 Å². The lowest BCUT2D eigenvalue weighted by atomic mass is 9.86. The van der Waals surface area contributed by atoms with Gasteiger partial charge in [0.05, 0.1) is 0 Å². The van der Waals surface area contributed by atoms with Crippen LogP contribution in [0.3, 0.4) is 0 Å². The lowest BCUT2D eigenvalue weighted by molar-refractivity contribution is 0.588. The third-order valence-corrected chi connectivity index (χ3v) is 2.19. The van der Waals surface area contributed by atoms with Crippen LogP contribution in [0, 0.1) is 6.92 Å². The number of rotatable bonds is 0. The summed E-state index contributed by atoms with van der Waals surface area (Å²) < 4.78 is 0. The molecule has 0 aliphatic heterocycles. The maximum atomic E-state index is 4.36. The highest BCUT2D eigenvalue weighted by atomic mass is 32.1. The minimum absolute atomic E-state index is 0.226. The Hall–Kier alpha value is -0.430. The van der Waals surface area contributed by atoms with Crippen LogP contribution >= 0.6 is 12.6 Å². The quantitative estimate of drug-likeness (QED) is 0.594. The Balaban J connectivity index is 0.000000791. The minimum atomic E-state index is 0.226. The van der Waals surface area contributed by atoms with E-state index >= 15 is 0 Å². The van der Waals surface area contributed by atoms with E-state index in [-0.39, 0.29) is 5.41 Å². The van der Waals surface area contributed by atoms with E-state index in [0.29, 0.717) is 0 Å². The minimum Gasteiger partial charge on any atom is -0.143 e. The Bertz CT molecular complexity index is 262. The van der Waals surface area contributed by atoms with Crippen molar-refractivity contribution in [1.82, 2.24) is 0 Å². The van der Waals surface area contributed by atoms with Gasteiger partial charge in [-0.1, -0.05) is 40.7 Å². The first-order valence-electron chi connectivity index (χ1n) is 5.21. The molecule has 0 radical (unpaired) electrons. The van der Waals surface area contributed by atoms with Gasteiger partial charge in [0.1, 0.15) is 0 Å². The molecule has 0 aromatic heterocycles. The molecular formula is C13H22S. The largest absolute Gasteiger partial charge is 0.143 e.